The van der Waals surface area contributed by atoms with E-state index in [1.165, 1.54) is 7.11 Å². The molecule has 0 aromatic heterocycles. The molecule has 1 aliphatic rings. The molecule has 0 N–H and O–H groups in total. The summed E-state index contributed by atoms with van der Waals surface area (Å²) >= 11 is 0. The molecule has 0 radical (unpaired) electrons. The number of halogens is 1. The third-order valence-corrected chi connectivity index (χ3v) is 3.34. The Labute approximate surface area is 107 Å². The largest absolute Gasteiger partial charge is 0.494 e. The molecule has 1 aliphatic heterocycles. The average molecular weight is 253 g/mol. The van der Waals surface area contributed by atoms with Crippen LogP contribution in [0.4, 0.5) is 4.39 Å². The van der Waals surface area contributed by atoms with Crippen LogP contribution in [0.2, 0.25) is 0 Å². The number of ether oxygens (including phenoxy) is 2. The van der Waals surface area contributed by atoms with Crippen molar-refractivity contribution in [1.29, 1.82) is 0 Å². The van der Waals surface area contributed by atoms with Gasteiger partial charge in [-0.25, -0.2) is 4.39 Å². The SMILES string of the molecule is COc1ccc(CN2C[C@H](C)OC[C@H]2C)cc1F. The number of morpholine rings is 1. The van der Waals surface area contributed by atoms with Crippen LogP contribution in [-0.2, 0) is 11.3 Å². The molecular formula is C14H20FNO2. The molecule has 3 nitrogen and oxygen atoms in total. The van der Waals surface area contributed by atoms with Crippen LogP contribution in [-0.4, -0.2) is 37.3 Å². The van der Waals surface area contributed by atoms with Gasteiger partial charge in [0.1, 0.15) is 0 Å². The van der Waals surface area contributed by atoms with Crippen LogP contribution in [0, 0.1) is 5.82 Å². The number of nitrogens with zero attached hydrogens (tertiary/aromatic N) is 1. The van der Waals surface area contributed by atoms with Crippen molar-refractivity contribution >= 4 is 0 Å². The third-order valence-electron chi connectivity index (χ3n) is 3.34. The van der Waals surface area contributed by atoms with E-state index in [9.17, 15) is 4.39 Å². The van der Waals surface area contributed by atoms with Crippen molar-refractivity contribution in [3.8, 4) is 5.75 Å². The lowest BCUT2D eigenvalue weighted by molar-refractivity contribution is -0.0526. The Morgan fingerprint density at radius 3 is 2.89 bits per heavy atom. The van der Waals surface area contributed by atoms with Gasteiger partial charge in [-0.3, -0.25) is 4.90 Å². The van der Waals surface area contributed by atoms with Gasteiger partial charge in [-0.2, -0.15) is 0 Å². The molecule has 0 saturated carbocycles. The molecule has 4 heteroatoms. The second-order valence-electron chi connectivity index (χ2n) is 4.89. The monoisotopic (exact) mass is 253 g/mol. The smallest absolute Gasteiger partial charge is 0.165 e. The maximum atomic E-state index is 13.6. The van der Waals surface area contributed by atoms with E-state index in [2.05, 4.69) is 18.7 Å². The molecule has 0 amide bonds. The van der Waals surface area contributed by atoms with Gasteiger partial charge in [0.2, 0.25) is 0 Å². The highest BCUT2D eigenvalue weighted by molar-refractivity contribution is 5.29. The Balaban J connectivity index is 2.06. The quantitative estimate of drug-likeness (QED) is 0.826. The predicted molar refractivity (Wildman–Crippen MR) is 68.2 cm³/mol. The molecule has 1 saturated heterocycles. The van der Waals surface area contributed by atoms with Gasteiger partial charge >= 0.3 is 0 Å². The molecule has 1 aromatic rings. The maximum Gasteiger partial charge on any atom is 0.165 e. The third kappa shape index (κ3) is 3.00. The zero-order valence-corrected chi connectivity index (χ0v) is 11.1. The Hall–Kier alpha value is -1.13. The molecule has 0 unspecified atom stereocenters. The first-order chi connectivity index (χ1) is 8.60. The highest BCUT2D eigenvalue weighted by Gasteiger charge is 2.23. The second kappa shape index (κ2) is 5.67. The lowest BCUT2D eigenvalue weighted by Gasteiger charge is -2.36. The fraction of sp³-hybridized carbons (Fsp3) is 0.571. The van der Waals surface area contributed by atoms with Gasteiger partial charge < -0.3 is 9.47 Å². The summed E-state index contributed by atoms with van der Waals surface area (Å²) in [7, 11) is 1.48. The molecule has 1 fully saturated rings. The lowest BCUT2D eigenvalue weighted by atomic mass is 10.1. The summed E-state index contributed by atoms with van der Waals surface area (Å²) in [5.41, 5.74) is 0.967. The molecule has 1 aromatic carbocycles. The Morgan fingerprint density at radius 1 is 1.44 bits per heavy atom. The maximum absolute atomic E-state index is 13.6. The molecule has 1 heterocycles. The lowest BCUT2D eigenvalue weighted by Crippen LogP contribution is -2.46. The topological polar surface area (TPSA) is 21.7 Å². The molecule has 18 heavy (non-hydrogen) atoms. The van der Waals surface area contributed by atoms with Crippen LogP contribution in [0.5, 0.6) is 5.75 Å². The molecule has 2 atom stereocenters. The zero-order chi connectivity index (χ0) is 13.1. The minimum Gasteiger partial charge on any atom is -0.494 e. The summed E-state index contributed by atoms with van der Waals surface area (Å²) in [6.07, 6.45) is 0.240. The molecule has 0 aliphatic carbocycles. The van der Waals surface area contributed by atoms with E-state index in [4.69, 9.17) is 9.47 Å². The zero-order valence-electron chi connectivity index (χ0n) is 11.1. The number of hydrogen-bond acceptors (Lipinski definition) is 3. The number of benzene rings is 1. The summed E-state index contributed by atoms with van der Waals surface area (Å²) in [5.74, 6) is -0.00824. The van der Waals surface area contributed by atoms with Crippen LogP contribution < -0.4 is 4.74 Å². The normalized spacial score (nSPS) is 25.1. The summed E-state index contributed by atoms with van der Waals surface area (Å²) < 4.78 is 24.1. The summed E-state index contributed by atoms with van der Waals surface area (Å²) in [6.45, 7) is 6.56. The number of rotatable bonds is 3. The van der Waals surface area contributed by atoms with Crippen LogP contribution in [0.15, 0.2) is 18.2 Å². The summed E-state index contributed by atoms with van der Waals surface area (Å²) in [5, 5.41) is 0. The van der Waals surface area contributed by atoms with Crippen LogP contribution in [0.3, 0.4) is 0 Å². The summed E-state index contributed by atoms with van der Waals surface area (Å²) in [6, 6.07) is 5.51. The standard InChI is InChI=1S/C14H20FNO2/c1-10-9-18-11(2)7-16(10)8-12-4-5-14(17-3)13(15)6-12/h4-6,10-11H,7-9H2,1-3H3/t10-,11+/m1/s1. The Bertz CT molecular complexity index is 411. The van der Waals surface area contributed by atoms with E-state index >= 15 is 0 Å². The van der Waals surface area contributed by atoms with Gasteiger partial charge in [0.05, 0.1) is 19.8 Å². The van der Waals surface area contributed by atoms with Crippen molar-refractivity contribution in [2.45, 2.75) is 32.5 Å². The number of hydrogen-bond donors (Lipinski definition) is 0. The minimum atomic E-state index is -0.302. The Morgan fingerprint density at radius 2 is 2.22 bits per heavy atom. The van der Waals surface area contributed by atoms with Gasteiger partial charge in [-0.1, -0.05) is 6.07 Å². The first kappa shape index (κ1) is 13.3. The van der Waals surface area contributed by atoms with E-state index in [0.717, 1.165) is 25.3 Å². The highest BCUT2D eigenvalue weighted by Crippen LogP contribution is 2.20. The van der Waals surface area contributed by atoms with Crippen molar-refractivity contribution in [2.24, 2.45) is 0 Å². The van der Waals surface area contributed by atoms with E-state index < -0.39 is 0 Å². The molecule has 0 spiro atoms. The van der Waals surface area contributed by atoms with E-state index in [-0.39, 0.29) is 11.9 Å². The van der Waals surface area contributed by atoms with E-state index in [1.807, 2.05) is 6.07 Å². The van der Waals surface area contributed by atoms with Crippen molar-refractivity contribution < 1.29 is 13.9 Å². The molecule has 0 bridgehead atoms. The van der Waals surface area contributed by atoms with Crippen molar-refractivity contribution in [3.05, 3.63) is 29.6 Å². The van der Waals surface area contributed by atoms with Gasteiger partial charge in [0, 0.05) is 19.1 Å². The van der Waals surface area contributed by atoms with Crippen LogP contribution in [0.25, 0.3) is 0 Å². The average Bonchev–Trinajstić information content (AvgIpc) is 2.34. The van der Waals surface area contributed by atoms with Gasteiger partial charge in [0.15, 0.2) is 11.6 Å². The fourth-order valence-electron chi connectivity index (χ4n) is 2.23. The highest BCUT2D eigenvalue weighted by atomic mass is 19.1. The molecule has 100 valence electrons. The fourth-order valence-corrected chi connectivity index (χ4v) is 2.23. The first-order valence-corrected chi connectivity index (χ1v) is 6.28. The van der Waals surface area contributed by atoms with Gasteiger partial charge in [0.25, 0.3) is 0 Å². The molecular weight excluding hydrogens is 233 g/mol. The van der Waals surface area contributed by atoms with Crippen LogP contribution in [0.1, 0.15) is 19.4 Å². The second-order valence-corrected chi connectivity index (χ2v) is 4.89. The predicted octanol–water partition coefficient (Wildman–Crippen LogP) is 2.44. The van der Waals surface area contributed by atoms with Crippen LogP contribution >= 0.6 is 0 Å². The van der Waals surface area contributed by atoms with Crippen molar-refractivity contribution in [1.82, 2.24) is 4.90 Å². The van der Waals surface area contributed by atoms with E-state index in [0.29, 0.717) is 11.8 Å². The Kier molecular flexibility index (Phi) is 4.19. The van der Waals surface area contributed by atoms with Crippen molar-refractivity contribution in [2.75, 3.05) is 20.3 Å². The van der Waals surface area contributed by atoms with Gasteiger partial charge in [-0.05, 0) is 31.5 Å². The summed E-state index contributed by atoms with van der Waals surface area (Å²) in [4.78, 5) is 2.31. The number of methoxy groups -OCH3 is 1. The van der Waals surface area contributed by atoms with Crippen molar-refractivity contribution in [3.63, 3.8) is 0 Å². The van der Waals surface area contributed by atoms with Gasteiger partial charge in [-0.15, -0.1) is 0 Å². The van der Waals surface area contributed by atoms with E-state index in [1.54, 1.807) is 12.1 Å². The first-order valence-electron chi connectivity index (χ1n) is 6.28. The minimum absolute atomic E-state index is 0.240. The molecule has 2 rings (SSSR count).